The molecule has 0 bridgehead atoms. The van der Waals surface area contributed by atoms with E-state index in [1.807, 2.05) is 20.8 Å². The van der Waals surface area contributed by atoms with Gasteiger partial charge in [0.15, 0.2) is 11.6 Å². The largest absolute Gasteiger partial charge is 0.488 e. The van der Waals surface area contributed by atoms with Gasteiger partial charge < -0.3 is 4.74 Å². The predicted molar refractivity (Wildman–Crippen MR) is 51.5 cm³/mol. The third-order valence-electron chi connectivity index (χ3n) is 1.82. The first-order valence-electron chi connectivity index (χ1n) is 4.69. The maximum absolute atomic E-state index is 13.3. The van der Waals surface area contributed by atoms with Gasteiger partial charge in [0.1, 0.15) is 5.82 Å². The normalized spacial score (nSPS) is 10.7. The summed E-state index contributed by atoms with van der Waals surface area (Å²) in [7, 11) is 0. The lowest BCUT2D eigenvalue weighted by atomic mass is 10.1. The van der Waals surface area contributed by atoms with E-state index in [9.17, 15) is 8.78 Å². The van der Waals surface area contributed by atoms with Crippen molar-refractivity contribution in [2.24, 2.45) is 0 Å². The molecule has 1 aromatic rings. The van der Waals surface area contributed by atoms with Crippen molar-refractivity contribution in [3.05, 3.63) is 29.3 Å². The van der Waals surface area contributed by atoms with Crippen LogP contribution in [0.4, 0.5) is 8.78 Å². The van der Waals surface area contributed by atoms with E-state index in [0.717, 1.165) is 6.07 Å². The molecule has 0 saturated carbocycles. The Balaban J connectivity index is 3.11. The number of benzene rings is 1. The van der Waals surface area contributed by atoms with Crippen molar-refractivity contribution < 1.29 is 13.5 Å². The first kappa shape index (κ1) is 11.0. The molecule has 0 aliphatic heterocycles. The lowest BCUT2D eigenvalue weighted by molar-refractivity contribution is 0.228. The van der Waals surface area contributed by atoms with Gasteiger partial charge in [-0.05, 0) is 31.9 Å². The molecule has 0 fully saturated rings. The molecule has 1 nitrogen and oxygen atoms in total. The summed E-state index contributed by atoms with van der Waals surface area (Å²) < 4.78 is 31.4. The van der Waals surface area contributed by atoms with Crippen LogP contribution in [-0.4, -0.2) is 6.10 Å². The lowest BCUT2D eigenvalue weighted by Gasteiger charge is -2.14. The summed E-state index contributed by atoms with van der Waals surface area (Å²) in [6.07, 6.45) is 0.441. The van der Waals surface area contributed by atoms with Gasteiger partial charge in [0.25, 0.3) is 0 Å². The van der Waals surface area contributed by atoms with Crippen molar-refractivity contribution in [2.75, 3.05) is 0 Å². The first-order chi connectivity index (χ1) is 6.54. The van der Waals surface area contributed by atoms with E-state index in [2.05, 4.69) is 0 Å². The Labute approximate surface area is 82.7 Å². The van der Waals surface area contributed by atoms with Crippen molar-refractivity contribution in [3.63, 3.8) is 0 Å². The van der Waals surface area contributed by atoms with Gasteiger partial charge in [-0.25, -0.2) is 8.78 Å². The van der Waals surface area contributed by atoms with Gasteiger partial charge in [0, 0.05) is 6.07 Å². The zero-order valence-electron chi connectivity index (χ0n) is 8.60. The molecule has 0 unspecified atom stereocenters. The smallest absolute Gasteiger partial charge is 0.168 e. The monoisotopic (exact) mass is 200 g/mol. The molecule has 0 aromatic heterocycles. The minimum atomic E-state index is -0.629. The van der Waals surface area contributed by atoms with Crippen LogP contribution in [0.15, 0.2) is 12.1 Å². The van der Waals surface area contributed by atoms with Gasteiger partial charge in [0.05, 0.1) is 6.10 Å². The van der Waals surface area contributed by atoms with Gasteiger partial charge >= 0.3 is 0 Å². The van der Waals surface area contributed by atoms with E-state index in [1.165, 1.54) is 6.07 Å². The number of aryl methyl sites for hydroxylation is 1. The summed E-state index contributed by atoms with van der Waals surface area (Å²) in [5, 5.41) is 0. The summed E-state index contributed by atoms with van der Waals surface area (Å²) in [5.74, 6) is -1.02. The fourth-order valence-corrected chi connectivity index (χ4v) is 1.24. The predicted octanol–water partition coefficient (Wildman–Crippen LogP) is 3.31. The van der Waals surface area contributed by atoms with Crippen LogP contribution in [0.25, 0.3) is 0 Å². The molecule has 3 heteroatoms. The highest BCUT2D eigenvalue weighted by Crippen LogP contribution is 2.25. The van der Waals surface area contributed by atoms with E-state index in [1.54, 1.807) is 0 Å². The third-order valence-corrected chi connectivity index (χ3v) is 1.82. The molecular weight excluding hydrogens is 186 g/mol. The minimum absolute atomic E-state index is 0.111. The topological polar surface area (TPSA) is 9.23 Å². The molecule has 0 aliphatic rings. The lowest BCUT2D eigenvalue weighted by Crippen LogP contribution is -2.09. The number of ether oxygens (including phenoxy) is 1. The first-order valence-corrected chi connectivity index (χ1v) is 4.69. The molecule has 0 saturated heterocycles. The van der Waals surface area contributed by atoms with Crippen molar-refractivity contribution in [2.45, 2.75) is 33.3 Å². The van der Waals surface area contributed by atoms with E-state index in [-0.39, 0.29) is 11.9 Å². The van der Waals surface area contributed by atoms with Crippen LogP contribution >= 0.6 is 0 Å². The highest BCUT2D eigenvalue weighted by atomic mass is 19.1. The molecule has 0 N–H and O–H groups in total. The van der Waals surface area contributed by atoms with Crippen LogP contribution in [0.3, 0.4) is 0 Å². The van der Waals surface area contributed by atoms with Gasteiger partial charge in [0.2, 0.25) is 0 Å². The summed E-state index contributed by atoms with van der Waals surface area (Å²) in [5.41, 5.74) is 0.566. The molecule has 0 radical (unpaired) electrons. The average molecular weight is 200 g/mol. The number of hydrogen-bond donors (Lipinski definition) is 0. The zero-order chi connectivity index (χ0) is 10.7. The highest BCUT2D eigenvalue weighted by Gasteiger charge is 2.12. The summed E-state index contributed by atoms with van der Waals surface area (Å²) in [6.45, 7) is 5.45. The Morgan fingerprint density at radius 1 is 1.29 bits per heavy atom. The highest BCUT2D eigenvalue weighted by molar-refractivity contribution is 5.35. The second kappa shape index (κ2) is 4.40. The standard InChI is InChI=1S/C11H14F2O/c1-4-8-5-9(12)6-10(13)11(8)14-7(2)3/h5-7H,4H2,1-3H3. The van der Waals surface area contributed by atoms with Crippen molar-refractivity contribution in [1.29, 1.82) is 0 Å². The fraction of sp³-hybridized carbons (Fsp3) is 0.455. The second-order valence-electron chi connectivity index (χ2n) is 3.40. The quantitative estimate of drug-likeness (QED) is 0.727. The van der Waals surface area contributed by atoms with Gasteiger partial charge in [-0.2, -0.15) is 0 Å². The molecule has 14 heavy (non-hydrogen) atoms. The molecule has 0 heterocycles. The van der Waals surface area contributed by atoms with Crippen LogP contribution in [-0.2, 0) is 6.42 Å². The van der Waals surface area contributed by atoms with Gasteiger partial charge in [-0.3, -0.25) is 0 Å². The summed E-state index contributed by atoms with van der Waals surface area (Å²) >= 11 is 0. The van der Waals surface area contributed by atoms with Crippen LogP contribution in [0.1, 0.15) is 26.3 Å². The van der Waals surface area contributed by atoms with Crippen LogP contribution in [0.2, 0.25) is 0 Å². The summed E-state index contributed by atoms with van der Waals surface area (Å²) in [6, 6.07) is 2.15. The molecule has 0 aliphatic carbocycles. The Kier molecular flexibility index (Phi) is 3.44. The number of hydrogen-bond acceptors (Lipinski definition) is 1. The van der Waals surface area contributed by atoms with Gasteiger partial charge in [-0.15, -0.1) is 0 Å². The molecule has 78 valence electrons. The average Bonchev–Trinajstić information content (AvgIpc) is 2.08. The molecule has 0 amide bonds. The van der Waals surface area contributed by atoms with Crippen molar-refractivity contribution in [3.8, 4) is 5.75 Å². The second-order valence-corrected chi connectivity index (χ2v) is 3.40. The van der Waals surface area contributed by atoms with Crippen LogP contribution in [0.5, 0.6) is 5.75 Å². The van der Waals surface area contributed by atoms with E-state index in [0.29, 0.717) is 12.0 Å². The number of halogens is 2. The molecule has 0 atom stereocenters. The van der Waals surface area contributed by atoms with Crippen LogP contribution < -0.4 is 4.74 Å². The Morgan fingerprint density at radius 2 is 1.93 bits per heavy atom. The fourth-order valence-electron chi connectivity index (χ4n) is 1.24. The van der Waals surface area contributed by atoms with E-state index < -0.39 is 11.6 Å². The zero-order valence-corrected chi connectivity index (χ0v) is 8.60. The minimum Gasteiger partial charge on any atom is -0.488 e. The van der Waals surface area contributed by atoms with E-state index in [4.69, 9.17) is 4.74 Å². The van der Waals surface area contributed by atoms with Crippen molar-refractivity contribution >= 4 is 0 Å². The Hall–Kier alpha value is -1.12. The SMILES string of the molecule is CCc1cc(F)cc(F)c1OC(C)C. The summed E-state index contributed by atoms with van der Waals surface area (Å²) in [4.78, 5) is 0. The third kappa shape index (κ3) is 2.44. The Morgan fingerprint density at radius 3 is 2.43 bits per heavy atom. The maximum Gasteiger partial charge on any atom is 0.168 e. The van der Waals surface area contributed by atoms with Gasteiger partial charge in [-0.1, -0.05) is 6.92 Å². The van der Waals surface area contributed by atoms with Crippen LogP contribution in [0, 0.1) is 11.6 Å². The van der Waals surface area contributed by atoms with Crippen molar-refractivity contribution in [1.82, 2.24) is 0 Å². The number of rotatable bonds is 3. The molecule has 1 aromatic carbocycles. The van der Waals surface area contributed by atoms with E-state index >= 15 is 0 Å². The molecule has 1 rings (SSSR count). The molecular formula is C11H14F2O. The maximum atomic E-state index is 13.3. The molecule has 0 spiro atoms. The Bertz CT molecular complexity index is 321.